The number of nitrogens with zero attached hydrogens (tertiary/aromatic N) is 3. The fraction of sp³-hybridized carbons (Fsp3) is 0.143. The molecule has 1 saturated heterocycles. The highest BCUT2D eigenvalue weighted by atomic mass is 35.5. The zero-order valence-electron chi connectivity index (χ0n) is 18.5. The number of hydrogen-bond donors (Lipinski definition) is 1. The van der Waals surface area contributed by atoms with Gasteiger partial charge in [-0.15, -0.1) is 0 Å². The zero-order chi connectivity index (χ0) is 23.1. The van der Waals surface area contributed by atoms with Crippen molar-refractivity contribution in [2.75, 3.05) is 31.1 Å². The van der Waals surface area contributed by atoms with Crippen LogP contribution in [0, 0.1) is 0 Å². The van der Waals surface area contributed by atoms with Crippen LogP contribution in [0.5, 0.6) is 0 Å². The summed E-state index contributed by atoms with van der Waals surface area (Å²) >= 11 is 6.39. The van der Waals surface area contributed by atoms with Crippen molar-refractivity contribution in [3.63, 3.8) is 0 Å². The monoisotopic (exact) mass is 466 g/mol. The highest BCUT2D eigenvalue weighted by Gasteiger charge is 2.25. The van der Waals surface area contributed by atoms with E-state index in [1.807, 2.05) is 77.7 Å². The molecule has 3 aromatic carbocycles. The standard InChI is InChI=1S/C28H23ClN4O/c29-22-11-5-7-13-25(22)32-14-16-33(17-15-32)28(34)24-18-21-20-10-4-6-12-23(20)30-27(21)26(31-24)19-8-2-1-3-9-19/h1-13,18,30H,14-17H2. The molecular formula is C28H23ClN4O. The van der Waals surface area contributed by atoms with E-state index >= 15 is 0 Å². The molecule has 1 N–H and O–H groups in total. The number of aromatic nitrogens is 2. The van der Waals surface area contributed by atoms with Crippen LogP contribution in [-0.4, -0.2) is 47.0 Å². The first-order valence-corrected chi connectivity index (χ1v) is 11.8. The number of rotatable bonds is 3. The first-order chi connectivity index (χ1) is 16.7. The van der Waals surface area contributed by atoms with Gasteiger partial charge in [0, 0.05) is 48.0 Å². The van der Waals surface area contributed by atoms with Crippen LogP contribution in [0.3, 0.4) is 0 Å². The number of anilines is 1. The molecule has 0 bridgehead atoms. The SMILES string of the molecule is O=C(c1cc2c([nH]c3ccccc32)c(-c2ccccc2)n1)N1CCN(c2ccccc2Cl)CC1. The van der Waals surface area contributed by atoms with Gasteiger partial charge in [-0.2, -0.15) is 0 Å². The van der Waals surface area contributed by atoms with Crippen molar-refractivity contribution in [2.45, 2.75) is 0 Å². The van der Waals surface area contributed by atoms with Crippen molar-refractivity contribution in [3.05, 3.63) is 95.6 Å². The van der Waals surface area contributed by atoms with E-state index in [2.05, 4.69) is 22.0 Å². The Hall–Kier alpha value is -3.83. The Bertz CT molecular complexity index is 1500. The third-order valence-corrected chi connectivity index (χ3v) is 6.84. The van der Waals surface area contributed by atoms with Crippen LogP contribution >= 0.6 is 11.6 Å². The third-order valence-electron chi connectivity index (χ3n) is 6.52. The molecular weight excluding hydrogens is 444 g/mol. The summed E-state index contributed by atoms with van der Waals surface area (Å²) in [6.45, 7) is 2.71. The number of amides is 1. The Morgan fingerprint density at radius 3 is 2.32 bits per heavy atom. The summed E-state index contributed by atoms with van der Waals surface area (Å²) in [6, 6.07) is 28.0. The second-order valence-corrected chi connectivity index (χ2v) is 8.95. The highest BCUT2D eigenvalue weighted by Crippen LogP contribution is 2.33. The summed E-state index contributed by atoms with van der Waals surface area (Å²) in [4.78, 5) is 26.1. The number of halogens is 1. The van der Waals surface area contributed by atoms with E-state index in [-0.39, 0.29) is 5.91 Å². The molecule has 6 rings (SSSR count). The number of nitrogens with one attached hydrogen (secondary N) is 1. The maximum absolute atomic E-state index is 13.6. The van der Waals surface area contributed by atoms with Crippen molar-refractivity contribution in [1.29, 1.82) is 0 Å². The van der Waals surface area contributed by atoms with Crippen molar-refractivity contribution in [1.82, 2.24) is 14.9 Å². The number of carbonyl (C=O) groups is 1. The van der Waals surface area contributed by atoms with Gasteiger partial charge in [0.1, 0.15) is 5.69 Å². The van der Waals surface area contributed by atoms with Crippen molar-refractivity contribution in [2.24, 2.45) is 0 Å². The number of aromatic amines is 1. The number of H-pyrrole nitrogens is 1. The Morgan fingerprint density at radius 2 is 1.53 bits per heavy atom. The molecule has 6 heteroatoms. The van der Waals surface area contributed by atoms with Gasteiger partial charge in [-0.25, -0.2) is 4.98 Å². The number of piperazine rings is 1. The van der Waals surface area contributed by atoms with Crippen molar-refractivity contribution in [3.8, 4) is 11.3 Å². The topological polar surface area (TPSA) is 52.2 Å². The van der Waals surface area contributed by atoms with Crippen LogP contribution in [0.1, 0.15) is 10.5 Å². The van der Waals surface area contributed by atoms with E-state index in [1.54, 1.807) is 0 Å². The fourth-order valence-electron chi connectivity index (χ4n) is 4.78. The number of benzene rings is 3. The minimum absolute atomic E-state index is 0.0387. The lowest BCUT2D eigenvalue weighted by atomic mass is 10.1. The highest BCUT2D eigenvalue weighted by molar-refractivity contribution is 6.33. The van der Waals surface area contributed by atoms with Gasteiger partial charge >= 0.3 is 0 Å². The average Bonchev–Trinajstić information content (AvgIpc) is 3.27. The molecule has 5 aromatic rings. The number of para-hydroxylation sites is 2. The second kappa shape index (κ2) is 8.50. The molecule has 5 nitrogen and oxygen atoms in total. The lowest BCUT2D eigenvalue weighted by Gasteiger charge is -2.36. The normalized spacial score (nSPS) is 14.1. The summed E-state index contributed by atoms with van der Waals surface area (Å²) in [5.41, 5.74) is 5.26. The summed E-state index contributed by atoms with van der Waals surface area (Å²) < 4.78 is 0. The average molecular weight is 467 g/mol. The van der Waals surface area contributed by atoms with Crippen LogP contribution in [-0.2, 0) is 0 Å². The summed E-state index contributed by atoms with van der Waals surface area (Å²) in [5.74, 6) is -0.0387. The van der Waals surface area contributed by atoms with E-state index in [0.717, 1.165) is 56.9 Å². The van der Waals surface area contributed by atoms with Gasteiger partial charge < -0.3 is 14.8 Å². The smallest absolute Gasteiger partial charge is 0.272 e. The fourth-order valence-corrected chi connectivity index (χ4v) is 5.04. The summed E-state index contributed by atoms with van der Waals surface area (Å²) in [7, 11) is 0. The third kappa shape index (κ3) is 3.58. The largest absolute Gasteiger partial charge is 0.367 e. The second-order valence-electron chi connectivity index (χ2n) is 8.55. The molecule has 0 unspecified atom stereocenters. The quantitative estimate of drug-likeness (QED) is 0.355. The van der Waals surface area contributed by atoms with Gasteiger partial charge in [-0.05, 0) is 24.3 Å². The van der Waals surface area contributed by atoms with Crippen LogP contribution in [0.25, 0.3) is 33.1 Å². The molecule has 3 heterocycles. The van der Waals surface area contributed by atoms with Crippen LogP contribution in [0.2, 0.25) is 5.02 Å². The van der Waals surface area contributed by atoms with Gasteiger partial charge in [-0.3, -0.25) is 4.79 Å². The van der Waals surface area contributed by atoms with E-state index in [9.17, 15) is 4.79 Å². The van der Waals surface area contributed by atoms with Crippen molar-refractivity contribution >= 4 is 45.0 Å². The molecule has 1 amide bonds. The van der Waals surface area contributed by atoms with E-state index in [0.29, 0.717) is 18.8 Å². The summed E-state index contributed by atoms with van der Waals surface area (Å²) in [5, 5.41) is 2.85. The number of carbonyl (C=O) groups excluding carboxylic acids is 1. The van der Waals surface area contributed by atoms with Crippen LogP contribution < -0.4 is 4.90 Å². The molecule has 1 aliphatic rings. The lowest BCUT2D eigenvalue weighted by Crippen LogP contribution is -2.49. The maximum atomic E-state index is 13.6. The Balaban J connectivity index is 1.36. The van der Waals surface area contributed by atoms with E-state index < -0.39 is 0 Å². The number of fused-ring (bicyclic) bond motifs is 3. The van der Waals surface area contributed by atoms with Gasteiger partial charge in [-0.1, -0.05) is 72.3 Å². The minimum atomic E-state index is -0.0387. The first kappa shape index (κ1) is 20.8. The van der Waals surface area contributed by atoms with Crippen LogP contribution in [0.4, 0.5) is 5.69 Å². The van der Waals surface area contributed by atoms with Gasteiger partial charge in [0.2, 0.25) is 0 Å². The van der Waals surface area contributed by atoms with E-state index in [1.165, 1.54) is 0 Å². The molecule has 1 aliphatic heterocycles. The number of hydrogen-bond acceptors (Lipinski definition) is 3. The molecule has 0 aliphatic carbocycles. The first-order valence-electron chi connectivity index (χ1n) is 11.4. The molecule has 0 radical (unpaired) electrons. The lowest BCUT2D eigenvalue weighted by molar-refractivity contribution is 0.0741. The Kier molecular flexibility index (Phi) is 5.19. The molecule has 0 saturated carbocycles. The zero-order valence-corrected chi connectivity index (χ0v) is 19.3. The maximum Gasteiger partial charge on any atom is 0.272 e. The molecule has 0 spiro atoms. The minimum Gasteiger partial charge on any atom is -0.367 e. The molecule has 0 atom stereocenters. The van der Waals surface area contributed by atoms with Gasteiger partial charge in [0.25, 0.3) is 5.91 Å². The van der Waals surface area contributed by atoms with Gasteiger partial charge in [0.05, 0.1) is 21.9 Å². The molecule has 2 aromatic heterocycles. The molecule has 168 valence electrons. The van der Waals surface area contributed by atoms with Crippen molar-refractivity contribution < 1.29 is 4.79 Å². The summed E-state index contributed by atoms with van der Waals surface area (Å²) in [6.07, 6.45) is 0. The van der Waals surface area contributed by atoms with E-state index in [4.69, 9.17) is 16.6 Å². The predicted molar refractivity (Wildman–Crippen MR) is 139 cm³/mol. The Labute approximate surface area is 202 Å². The molecule has 1 fully saturated rings. The van der Waals surface area contributed by atoms with Crippen LogP contribution in [0.15, 0.2) is 84.9 Å². The number of pyridine rings is 1. The predicted octanol–water partition coefficient (Wildman–Crippen LogP) is 6.00. The van der Waals surface area contributed by atoms with Gasteiger partial charge in [0.15, 0.2) is 0 Å². The Morgan fingerprint density at radius 1 is 0.824 bits per heavy atom. The molecule has 34 heavy (non-hydrogen) atoms.